The second-order valence-electron chi connectivity index (χ2n) is 17.8. The summed E-state index contributed by atoms with van der Waals surface area (Å²) >= 11 is 0. The van der Waals surface area contributed by atoms with Gasteiger partial charge in [-0.25, -0.2) is 0 Å². The zero-order chi connectivity index (χ0) is 29.7. The van der Waals surface area contributed by atoms with Crippen molar-refractivity contribution >= 4 is 69.2 Å². The van der Waals surface area contributed by atoms with Crippen LogP contribution in [0.4, 0.5) is 0 Å². The highest BCUT2D eigenvalue weighted by atomic mass is 28.3. The molecule has 0 aromatic heterocycles. The molecule has 0 unspecified atom stereocenters. The van der Waals surface area contributed by atoms with Crippen LogP contribution in [0.5, 0.6) is 0 Å². The van der Waals surface area contributed by atoms with Crippen LogP contribution in [-0.4, -0.2) is 75.0 Å². The quantitative estimate of drug-likeness (QED) is 0.199. The molecule has 0 atom stereocenters. The van der Waals surface area contributed by atoms with Crippen LogP contribution >= 0.6 is 0 Å². The van der Waals surface area contributed by atoms with E-state index in [4.69, 9.17) is 4.12 Å². The molecule has 3 N–H and O–H groups in total. The fourth-order valence-corrected chi connectivity index (χ4v) is 9.67. The summed E-state index contributed by atoms with van der Waals surface area (Å²) in [6, 6.07) is 1.12. The SMILES string of the molecule is C[Si](C)(C)C.C[Si](C)(C)C.C[Si](C)(C)C.C[Si](C)(C)NC(C[SiH2]O[SiH3])(N[Si](C)(C)C)N[Si](C)(C)C. The summed E-state index contributed by atoms with van der Waals surface area (Å²) in [6.45, 7) is 49.3. The molecular weight excluding hydrogens is 559 g/mol. The maximum absolute atomic E-state index is 5.64. The first kappa shape index (κ1) is 43.6. The van der Waals surface area contributed by atoms with Crippen LogP contribution in [0.1, 0.15) is 0 Å². The average molecular weight is 633 g/mol. The van der Waals surface area contributed by atoms with Crippen LogP contribution in [-0.2, 0) is 4.12 Å². The molecule has 0 aromatic carbocycles. The molecule has 12 heteroatoms. The van der Waals surface area contributed by atoms with Gasteiger partial charge in [0.15, 0.2) is 0 Å². The Bertz CT molecular complexity index is 437. The average Bonchev–Trinajstić information content (AvgIpc) is 2.33. The van der Waals surface area contributed by atoms with Crippen molar-refractivity contribution in [1.29, 1.82) is 0 Å². The molecule has 0 radical (unpaired) electrons. The van der Waals surface area contributed by atoms with E-state index in [9.17, 15) is 0 Å². The summed E-state index contributed by atoms with van der Waals surface area (Å²) in [7, 11) is -5.60. The molecule has 0 fully saturated rings. The molecule has 0 aromatic rings. The predicted molar refractivity (Wildman–Crippen MR) is 194 cm³/mol. The Morgan fingerprint density at radius 1 is 0.486 bits per heavy atom. The maximum Gasteiger partial charge on any atom is 0.150 e. The Morgan fingerprint density at radius 2 is 0.657 bits per heavy atom. The molecule has 0 saturated carbocycles. The fraction of sp³-hybridized carbons (Fsp3) is 1.00. The normalized spacial score (nSPS) is 14.0. The van der Waals surface area contributed by atoms with E-state index in [-0.39, 0.29) is 5.79 Å². The van der Waals surface area contributed by atoms with Gasteiger partial charge in [0, 0.05) is 30.3 Å². The smallest absolute Gasteiger partial charge is 0.150 e. The van der Waals surface area contributed by atoms with Crippen molar-refractivity contribution in [2.75, 3.05) is 0 Å². The summed E-state index contributed by atoms with van der Waals surface area (Å²) in [6.07, 6.45) is 0. The summed E-state index contributed by atoms with van der Waals surface area (Å²) in [5.41, 5.74) is 0. The Hall–Kier alpha value is 1.58. The third-order valence-electron chi connectivity index (χ3n) is 2.45. The van der Waals surface area contributed by atoms with E-state index in [1.807, 2.05) is 0 Å². The van der Waals surface area contributed by atoms with Crippen molar-refractivity contribution < 1.29 is 4.12 Å². The predicted octanol–water partition coefficient (Wildman–Crippen LogP) is 6.58. The maximum atomic E-state index is 5.64. The second kappa shape index (κ2) is 17.3. The molecule has 0 aliphatic carbocycles. The lowest BCUT2D eigenvalue weighted by Crippen LogP contribution is -2.79. The first-order valence-electron chi connectivity index (χ1n) is 13.6. The zero-order valence-corrected chi connectivity index (χ0v) is 38.2. The van der Waals surface area contributed by atoms with Crippen LogP contribution in [0.25, 0.3) is 0 Å². The van der Waals surface area contributed by atoms with E-state index in [0.29, 0.717) is 0 Å². The number of rotatable bonds is 9. The van der Waals surface area contributed by atoms with E-state index >= 15 is 0 Å². The molecule has 0 spiro atoms. The van der Waals surface area contributed by atoms with Crippen molar-refractivity contribution in [3.63, 3.8) is 0 Å². The lowest BCUT2D eigenvalue weighted by atomic mass is 10.5. The monoisotopic (exact) mass is 631 g/mol. The second-order valence-corrected chi connectivity index (χ2v) is 53.2. The van der Waals surface area contributed by atoms with Crippen LogP contribution in [0.15, 0.2) is 0 Å². The summed E-state index contributed by atoms with van der Waals surface area (Å²) in [5, 5.41) is 0. The zero-order valence-electron chi connectivity index (χ0n) is 28.8. The highest BCUT2D eigenvalue weighted by Gasteiger charge is 2.40. The molecule has 218 valence electrons. The number of hydrogen-bond donors (Lipinski definition) is 3. The molecular formula is C23H73N3OSi8. The van der Waals surface area contributed by atoms with Gasteiger partial charge in [0.1, 0.15) is 50.7 Å². The van der Waals surface area contributed by atoms with Gasteiger partial charge in [-0.15, -0.1) is 0 Å². The molecule has 0 amide bonds. The Balaban J connectivity index is -0.000000258. The van der Waals surface area contributed by atoms with E-state index in [0.717, 1.165) is 16.5 Å². The minimum Gasteiger partial charge on any atom is -0.468 e. The molecule has 0 bridgehead atoms. The van der Waals surface area contributed by atoms with Gasteiger partial charge in [-0.05, 0) is 0 Å². The van der Waals surface area contributed by atoms with Gasteiger partial charge in [0.2, 0.25) is 0 Å². The first-order valence-corrected chi connectivity index (χ1v) is 38.4. The minimum atomic E-state index is -1.39. The molecule has 35 heavy (non-hydrogen) atoms. The van der Waals surface area contributed by atoms with Gasteiger partial charge in [-0.3, -0.25) is 0 Å². The van der Waals surface area contributed by atoms with E-state index < -0.39 is 58.7 Å². The molecule has 0 heterocycles. The minimum absolute atomic E-state index is 0.101. The van der Waals surface area contributed by atoms with Crippen LogP contribution < -0.4 is 14.9 Å². The largest absolute Gasteiger partial charge is 0.468 e. The highest BCUT2D eigenvalue weighted by Crippen LogP contribution is 2.16. The summed E-state index contributed by atoms with van der Waals surface area (Å²) < 4.78 is 5.64. The van der Waals surface area contributed by atoms with Gasteiger partial charge in [0.05, 0.1) is 0 Å². The third-order valence-corrected chi connectivity index (χ3v) is 8.56. The van der Waals surface area contributed by atoms with E-state index in [1.54, 1.807) is 0 Å². The standard InChI is InChI=1S/C11H37N3OSi5.3C4H12Si/c1-18(2,3)12-11(10-17-15-16,13-19(4,5)6)14-20(7,8)9;3*1-5(2,3)4/h12-14H,10,17H2,1-9,16H3;3*1-4H3. The fourth-order valence-electron chi connectivity index (χ4n) is 2.46. The van der Waals surface area contributed by atoms with Gasteiger partial charge in [-0.2, -0.15) is 0 Å². The van der Waals surface area contributed by atoms with Crippen LogP contribution in [0, 0.1) is 0 Å². The summed E-state index contributed by atoms with van der Waals surface area (Å²) in [5.74, 6) is -0.101. The highest BCUT2D eigenvalue weighted by molar-refractivity contribution is 6.77. The Morgan fingerprint density at radius 3 is 0.771 bits per heavy atom. The molecule has 0 aliphatic rings. The van der Waals surface area contributed by atoms with Crippen molar-refractivity contribution in [2.45, 2.75) is 149 Å². The number of hydrogen-bond acceptors (Lipinski definition) is 4. The number of nitrogens with one attached hydrogen (secondary N) is 3. The van der Waals surface area contributed by atoms with Crippen LogP contribution in [0.2, 0.25) is 144 Å². The van der Waals surface area contributed by atoms with Gasteiger partial charge in [-0.1, -0.05) is 137 Å². The first-order chi connectivity index (χ1) is 14.7. The molecule has 0 saturated heterocycles. The van der Waals surface area contributed by atoms with E-state index in [2.05, 4.69) is 152 Å². The molecule has 4 nitrogen and oxygen atoms in total. The molecule has 0 aliphatic heterocycles. The topological polar surface area (TPSA) is 45.3 Å². The van der Waals surface area contributed by atoms with E-state index in [1.165, 1.54) is 0 Å². The lowest BCUT2D eigenvalue weighted by molar-refractivity contribution is 0.352. The van der Waals surface area contributed by atoms with Crippen molar-refractivity contribution in [1.82, 2.24) is 14.9 Å². The van der Waals surface area contributed by atoms with Gasteiger partial charge >= 0.3 is 0 Å². The third kappa shape index (κ3) is 66.4. The summed E-state index contributed by atoms with van der Waals surface area (Å²) in [4.78, 5) is 11.9. The lowest BCUT2D eigenvalue weighted by Gasteiger charge is -2.48. The van der Waals surface area contributed by atoms with Crippen molar-refractivity contribution in [2.24, 2.45) is 0 Å². The van der Waals surface area contributed by atoms with Crippen molar-refractivity contribution in [3.8, 4) is 0 Å². The molecule has 0 rings (SSSR count). The Kier molecular flexibility index (Phi) is 21.6. The van der Waals surface area contributed by atoms with Gasteiger partial charge < -0.3 is 19.1 Å². The van der Waals surface area contributed by atoms with Gasteiger partial charge in [0.25, 0.3) is 0 Å². The Labute approximate surface area is 236 Å². The van der Waals surface area contributed by atoms with Crippen LogP contribution in [0.3, 0.4) is 0 Å². The van der Waals surface area contributed by atoms with Crippen molar-refractivity contribution in [3.05, 3.63) is 0 Å².